The van der Waals surface area contributed by atoms with Gasteiger partial charge in [0.2, 0.25) is 5.91 Å². The van der Waals surface area contributed by atoms with Gasteiger partial charge in [-0.05, 0) is 0 Å². The first-order valence-electron chi connectivity index (χ1n) is 8.64. The third kappa shape index (κ3) is 8.89. The van der Waals surface area contributed by atoms with E-state index in [2.05, 4.69) is 10.6 Å². The van der Waals surface area contributed by atoms with E-state index >= 15 is 0 Å². The maximum Gasteiger partial charge on any atom is 0.306 e. The van der Waals surface area contributed by atoms with Gasteiger partial charge >= 0.3 is 11.9 Å². The van der Waals surface area contributed by atoms with Crippen molar-refractivity contribution in [3.63, 3.8) is 0 Å². The number of amides is 2. The van der Waals surface area contributed by atoms with Crippen LogP contribution in [-0.4, -0.2) is 60.4 Å². The summed E-state index contributed by atoms with van der Waals surface area (Å²) in [7, 11) is 0. The van der Waals surface area contributed by atoms with Crippen molar-refractivity contribution in [1.29, 1.82) is 0 Å². The molecule has 27 heavy (non-hydrogen) atoms. The maximum atomic E-state index is 12.4. The smallest absolute Gasteiger partial charge is 0.306 e. The number of hydrogen-bond acceptors (Lipinski definition) is 8. The van der Waals surface area contributed by atoms with Crippen molar-refractivity contribution in [1.82, 2.24) is 10.6 Å². The molecule has 1 rings (SSSR count). The van der Waals surface area contributed by atoms with E-state index in [-0.39, 0.29) is 43.4 Å². The first-order valence-corrected chi connectivity index (χ1v) is 9.63. The Labute approximate surface area is 162 Å². The van der Waals surface area contributed by atoms with Crippen molar-refractivity contribution in [3.05, 3.63) is 0 Å². The number of thioether (sulfide) groups is 1. The van der Waals surface area contributed by atoms with Gasteiger partial charge in [-0.1, -0.05) is 25.6 Å². The number of cyclic esters (lactones) is 1. The van der Waals surface area contributed by atoms with E-state index in [0.717, 1.165) is 11.8 Å². The van der Waals surface area contributed by atoms with Gasteiger partial charge in [0.05, 0.1) is 6.42 Å². The molecule has 0 aromatic carbocycles. The van der Waals surface area contributed by atoms with E-state index in [9.17, 15) is 24.0 Å². The largest absolute Gasteiger partial charge is 0.465 e. The van der Waals surface area contributed by atoms with E-state index < -0.39 is 29.4 Å². The molecule has 0 aromatic heterocycles. The summed E-state index contributed by atoms with van der Waals surface area (Å²) in [5, 5.41) is 5.03. The van der Waals surface area contributed by atoms with Crippen LogP contribution in [0.3, 0.4) is 0 Å². The highest BCUT2D eigenvalue weighted by Gasteiger charge is 2.39. The topological polar surface area (TPSA) is 128 Å². The third-order valence-electron chi connectivity index (χ3n) is 3.71. The Morgan fingerprint density at radius 3 is 2.48 bits per heavy atom. The molecular formula is C17H26N2O7S. The lowest BCUT2D eigenvalue weighted by Crippen LogP contribution is -2.49. The van der Waals surface area contributed by atoms with Gasteiger partial charge in [-0.3, -0.25) is 24.0 Å². The van der Waals surface area contributed by atoms with Crippen molar-refractivity contribution < 1.29 is 33.4 Å². The Kier molecular flexibility index (Phi) is 9.27. The maximum absolute atomic E-state index is 12.4. The number of hydrogen-bond donors (Lipinski definition) is 2. The van der Waals surface area contributed by atoms with Gasteiger partial charge in [0.15, 0.2) is 11.2 Å². The van der Waals surface area contributed by atoms with Crippen molar-refractivity contribution in [2.75, 3.05) is 25.4 Å². The molecule has 1 aliphatic heterocycles. The van der Waals surface area contributed by atoms with E-state index in [1.54, 1.807) is 13.8 Å². The third-order valence-corrected chi connectivity index (χ3v) is 4.64. The molecule has 1 heterocycles. The van der Waals surface area contributed by atoms with Crippen LogP contribution in [0, 0.1) is 5.41 Å². The molecule has 1 aliphatic rings. The molecule has 0 unspecified atom stereocenters. The normalized spacial score (nSPS) is 23.4. The van der Waals surface area contributed by atoms with Gasteiger partial charge in [-0.25, -0.2) is 0 Å². The van der Waals surface area contributed by atoms with E-state index in [4.69, 9.17) is 9.47 Å². The van der Waals surface area contributed by atoms with Crippen molar-refractivity contribution in [2.24, 2.45) is 5.41 Å². The van der Waals surface area contributed by atoms with Crippen LogP contribution in [0.15, 0.2) is 0 Å². The molecule has 1 fully saturated rings. The van der Waals surface area contributed by atoms with E-state index in [1.807, 2.05) is 0 Å². The molecule has 0 bridgehead atoms. The lowest BCUT2D eigenvalue weighted by atomic mass is 9.86. The number of carbonyl (C=O) groups excluding carboxylic acids is 5. The molecule has 0 radical (unpaired) electrons. The van der Waals surface area contributed by atoms with Crippen LogP contribution < -0.4 is 10.6 Å². The molecular weight excluding hydrogens is 376 g/mol. The Morgan fingerprint density at radius 1 is 1.11 bits per heavy atom. The monoisotopic (exact) mass is 402 g/mol. The van der Waals surface area contributed by atoms with Gasteiger partial charge < -0.3 is 20.1 Å². The van der Waals surface area contributed by atoms with Gasteiger partial charge in [-0.15, -0.1) is 0 Å². The summed E-state index contributed by atoms with van der Waals surface area (Å²) < 4.78 is 10.3. The van der Waals surface area contributed by atoms with Crippen LogP contribution in [0.1, 0.15) is 40.0 Å². The van der Waals surface area contributed by atoms with Crippen LogP contribution in [0.2, 0.25) is 0 Å². The molecule has 1 saturated heterocycles. The predicted octanol–water partition coefficient (Wildman–Crippen LogP) is 0.164. The number of ether oxygens (including phenoxy) is 2. The molecule has 0 spiro atoms. The minimum atomic E-state index is -1.20. The van der Waals surface area contributed by atoms with Crippen LogP contribution >= 0.6 is 11.8 Å². The zero-order valence-electron chi connectivity index (χ0n) is 15.8. The van der Waals surface area contributed by atoms with E-state index in [1.165, 1.54) is 6.92 Å². The first-order chi connectivity index (χ1) is 12.6. The summed E-state index contributed by atoms with van der Waals surface area (Å²) in [6.45, 7) is 4.61. The quantitative estimate of drug-likeness (QED) is 0.594. The highest BCUT2D eigenvalue weighted by Crippen LogP contribution is 2.25. The number of esters is 2. The van der Waals surface area contributed by atoms with Crippen LogP contribution in [-0.2, 0) is 33.4 Å². The average Bonchev–Trinajstić information content (AvgIpc) is 2.58. The highest BCUT2D eigenvalue weighted by atomic mass is 32.2. The molecule has 9 nitrogen and oxygen atoms in total. The molecule has 0 saturated carbocycles. The lowest BCUT2D eigenvalue weighted by Gasteiger charge is -2.31. The van der Waals surface area contributed by atoms with Crippen LogP contribution in [0.25, 0.3) is 0 Å². The molecule has 1 atom stereocenters. The average molecular weight is 402 g/mol. The van der Waals surface area contributed by atoms with Gasteiger partial charge in [0, 0.05) is 44.0 Å². The van der Waals surface area contributed by atoms with Crippen LogP contribution in [0.5, 0.6) is 0 Å². The van der Waals surface area contributed by atoms with Gasteiger partial charge in [-0.2, -0.15) is 0 Å². The molecule has 2 N–H and O–H groups in total. The molecule has 10 heteroatoms. The highest BCUT2D eigenvalue weighted by molar-refractivity contribution is 8.13. The zero-order valence-corrected chi connectivity index (χ0v) is 16.6. The predicted molar refractivity (Wildman–Crippen MR) is 97.6 cm³/mol. The van der Waals surface area contributed by atoms with E-state index in [0.29, 0.717) is 12.3 Å². The van der Waals surface area contributed by atoms with Crippen LogP contribution in [0.4, 0.5) is 0 Å². The fourth-order valence-corrected chi connectivity index (χ4v) is 2.94. The summed E-state index contributed by atoms with van der Waals surface area (Å²) in [5.41, 5.74) is -1.000. The second kappa shape index (κ2) is 10.9. The second-order valence-corrected chi connectivity index (χ2v) is 7.90. The Hall–Kier alpha value is -2.10. The molecule has 0 aliphatic carbocycles. The summed E-state index contributed by atoms with van der Waals surface area (Å²) in [6, 6.07) is 0. The fourth-order valence-electron chi connectivity index (χ4n) is 2.26. The van der Waals surface area contributed by atoms with Gasteiger partial charge in [0.25, 0.3) is 5.91 Å². The number of carbonyl (C=O) groups is 5. The SMILES string of the molecule is CC(=O)O[C@H]1C(=O)NCCC(=O)NCCSC(=O)CCC(=O)OCC1(C)C. The minimum absolute atomic E-state index is 0.0196. The molecule has 0 aromatic rings. The standard InChI is InChI=1S/C17H26N2O7S/c1-11(20)26-15-16(24)19-7-6-12(21)18-8-9-27-14(23)5-4-13(22)25-10-17(15,2)3/h15H,4-10H2,1-3H3,(H,18,21)(H,19,24)/t15-/m0/s1. The Bertz CT molecular complexity index is 592. The van der Waals surface area contributed by atoms with Crippen molar-refractivity contribution >= 4 is 40.6 Å². The summed E-state index contributed by atoms with van der Waals surface area (Å²) >= 11 is 1.04. The minimum Gasteiger partial charge on any atom is -0.465 e. The summed E-state index contributed by atoms with van der Waals surface area (Å²) in [5.74, 6) is -1.67. The summed E-state index contributed by atoms with van der Waals surface area (Å²) in [4.78, 5) is 59.2. The fraction of sp³-hybridized carbons (Fsp3) is 0.706. The second-order valence-electron chi connectivity index (χ2n) is 6.75. The van der Waals surface area contributed by atoms with Crippen molar-refractivity contribution in [2.45, 2.75) is 46.1 Å². The lowest BCUT2D eigenvalue weighted by molar-refractivity contribution is -0.167. The zero-order chi connectivity index (χ0) is 20.4. The number of rotatable bonds is 1. The van der Waals surface area contributed by atoms with Crippen molar-refractivity contribution in [3.8, 4) is 0 Å². The molecule has 2 amide bonds. The Morgan fingerprint density at radius 2 is 1.81 bits per heavy atom. The Balaban J connectivity index is 2.87. The number of nitrogens with one attached hydrogen (secondary N) is 2. The van der Waals surface area contributed by atoms with Gasteiger partial charge in [0.1, 0.15) is 6.61 Å². The first kappa shape index (κ1) is 22.9. The molecule has 152 valence electrons. The summed E-state index contributed by atoms with van der Waals surface area (Å²) in [6.07, 6.45) is -1.21.